The number of ether oxygens (including phenoxy) is 1. The summed E-state index contributed by atoms with van der Waals surface area (Å²) in [5.41, 5.74) is 7.42. The van der Waals surface area contributed by atoms with Crippen molar-refractivity contribution in [2.24, 2.45) is 10.7 Å². The Balaban J connectivity index is 0.00000363. The van der Waals surface area contributed by atoms with Gasteiger partial charge in [-0.1, -0.05) is 29.8 Å². The maximum atomic E-state index is 10.8. The summed E-state index contributed by atoms with van der Waals surface area (Å²) in [6.45, 7) is 7.17. The molecule has 9 heteroatoms. The standard InChI is InChI=1S/C23H30ClN5O2.HI/c1-2-26-23(27-11-10-18-6-8-21(9-7-18)31-17-22(25)30)29-14-12-28(13-15-29)20-5-3-4-19(24)16-20;/h3-9,16H,2,10-15,17H2,1H3,(H2,25,30)(H,26,27);1H. The molecule has 0 aliphatic carbocycles. The summed E-state index contributed by atoms with van der Waals surface area (Å²) in [7, 11) is 0. The predicted octanol–water partition coefficient (Wildman–Crippen LogP) is 3.15. The fraction of sp³-hybridized carbons (Fsp3) is 0.391. The number of guanidine groups is 1. The third-order valence-electron chi connectivity index (χ3n) is 5.05. The fourth-order valence-corrected chi connectivity index (χ4v) is 3.66. The highest BCUT2D eigenvalue weighted by atomic mass is 127. The molecule has 3 N–H and O–H groups in total. The molecule has 1 aliphatic heterocycles. The number of carbonyl (C=O) groups is 1. The van der Waals surface area contributed by atoms with E-state index in [4.69, 9.17) is 27.1 Å². The van der Waals surface area contributed by atoms with Crippen molar-refractivity contribution in [1.82, 2.24) is 10.2 Å². The summed E-state index contributed by atoms with van der Waals surface area (Å²) >= 11 is 6.14. The normalized spacial score (nSPS) is 14.0. The number of rotatable bonds is 8. The lowest BCUT2D eigenvalue weighted by atomic mass is 10.1. The van der Waals surface area contributed by atoms with E-state index < -0.39 is 5.91 Å². The van der Waals surface area contributed by atoms with Gasteiger partial charge in [0.05, 0.1) is 0 Å². The largest absolute Gasteiger partial charge is 0.484 e. The first-order valence-electron chi connectivity index (χ1n) is 10.6. The molecule has 0 unspecified atom stereocenters. The zero-order valence-corrected chi connectivity index (χ0v) is 21.4. The van der Waals surface area contributed by atoms with Gasteiger partial charge in [0.1, 0.15) is 5.75 Å². The van der Waals surface area contributed by atoms with Crippen molar-refractivity contribution in [1.29, 1.82) is 0 Å². The number of hydrogen-bond donors (Lipinski definition) is 2. The fourth-order valence-electron chi connectivity index (χ4n) is 3.47. The van der Waals surface area contributed by atoms with Crippen LogP contribution in [0.1, 0.15) is 12.5 Å². The number of aliphatic imine (C=N–C) groups is 1. The average molecular weight is 572 g/mol. The highest BCUT2D eigenvalue weighted by molar-refractivity contribution is 14.0. The Kier molecular flexibility index (Phi) is 10.9. The molecule has 0 aromatic heterocycles. The highest BCUT2D eigenvalue weighted by Gasteiger charge is 2.19. The number of amides is 1. The quantitative estimate of drug-likeness (QED) is 0.289. The number of nitrogens with two attached hydrogens (primary N) is 1. The summed E-state index contributed by atoms with van der Waals surface area (Å²) in [6, 6.07) is 15.7. The smallest absolute Gasteiger partial charge is 0.255 e. The van der Waals surface area contributed by atoms with E-state index in [9.17, 15) is 4.79 Å². The van der Waals surface area contributed by atoms with Crippen molar-refractivity contribution in [3.05, 3.63) is 59.1 Å². The Morgan fingerprint density at radius 1 is 1.16 bits per heavy atom. The van der Waals surface area contributed by atoms with Crippen LogP contribution >= 0.6 is 35.6 Å². The van der Waals surface area contributed by atoms with Gasteiger partial charge >= 0.3 is 0 Å². The maximum Gasteiger partial charge on any atom is 0.255 e. The van der Waals surface area contributed by atoms with E-state index in [1.54, 1.807) is 0 Å². The third-order valence-corrected chi connectivity index (χ3v) is 5.29. The second kappa shape index (κ2) is 13.4. The van der Waals surface area contributed by atoms with Gasteiger partial charge < -0.3 is 25.6 Å². The Morgan fingerprint density at radius 2 is 1.88 bits per heavy atom. The zero-order chi connectivity index (χ0) is 22.1. The minimum Gasteiger partial charge on any atom is -0.484 e. The van der Waals surface area contributed by atoms with Gasteiger partial charge in [-0.15, -0.1) is 24.0 Å². The van der Waals surface area contributed by atoms with E-state index >= 15 is 0 Å². The van der Waals surface area contributed by atoms with Gasteiger partial charge in [-0.3, -0.25) is 9.79 Å². The Bertz CT molecular complexity index is 886. The van der Waals surface area contributed by atoms with Crippen molar-refractivity contribution in [2.45, 2.75) is 13.3 Å². The van der Waals surface area contributed by atoms with Crippen LogP contribution in [0.25, 0.3) is 0 Å². The third kappa shape index (κ3) is 8.05. The van der Waals surface area contributed by atoms with E-state index in [1.807, 2.05) is 42.5 Å². The van der Waals surface area contributed by atoms with E-state index in [0.717, 1.165) is 61.4 Å². The van der Waals surface area contributed by atoms with Gasteiger partial charge in [-0.2, -0.15) is 0 Å². The van der Waals surface area contributed by atoms with Crippen LogP contribution in [0, 0.1) is 0 Å². The van der Waals surface area contributed by atoms with Crippen molar-refractivity contribution in [3.8, 4) is 5.75 Å². The zero-order valence-electron chi connectivity index (χ0n) is 18.3. The second-order valence-electron chi connectivity index (χ2n) is 7.34. The van der Waals surface area contributed by atoms with Gasteiger partial charge in [-0.25, -0.2) is 0 Å². The van der Waals surface area contributed by atoms with Crippen LogP contribution in [0.2, 0.25) is 5.02 Å². The maximum absolute atomic E-state index is 10.8. The Labute approximate surface area is 212 Å². The summed E-state index contributed by atoms with van der Waals surface area (Å²) in [5.74, 6) is 1.11. The minimum absolute atomic E-state index is 0. The average Bonchev–Trinajstić information content (AvgIpc) is 2.78. The van der Waals surface area contributed by atoms with Crippen molar-refractivity contribution in [3.63, 3.8) is 0 Å². The molecule has 1 heterocycles. The number of halogens is 2. The predicted molar refractivity (Wildman–Crippen MR) is 141 cm³/mol. The second-order valence-corrected chi connectivity index (χ2v) is 7.77. The molecule has 7 nitrogen and oxygen atoms in total. The molecular weight excluding hydrogens is 541 g/mol. The molecule has 3 rings (SSSR count). The van der Waals surface area contributed by atoms with Gasteiger partial charge in [-0.05, 0) is 49.2 Å². The number of carbonyl (C=O) groups excluding carboxylic acids is 1. The molecule has 0 bridgehead atoms. The topological polar surface area (TPSA) is 83.2 Å². The van der Waals surface area contributed by atoms with Gasteiger partial charge in [0.15, 0.2) is 12.6 Å². The number of nitrogens with one attached hydrogen (secondary N) is 1. The van der Waals surface area contributed by atoms with Crippen molar-refractivity contribution >= 4 is 53.1 Å². The van der Waals surface area contributed by atoms with E-state index in [2.05, 4.69) is 28.1 Å². The molecule has 32 heavy (non-hydrogen) atoms. The SMILES string of the molecule is CCNC(=NCCc1ccc(OCC(N)=O)cc1)N1CCN(c2cccc(Cl)c2)CC1.I. The molecule has 174 valence electrons. The van der Waals surface area contributed by atoms with E-state index in [-0.39, 0.29) is 30.6 Å². The van der Waals surface area contributed by atoms with Crippen molar-refractivity contribution < 1.29 is 9.53 Å². The lowest BCUT2D eigenvalue weighted by Gasteiger charge is -2.37. The van der Waals surface area contributed by atoms with Gasteiger partial charge in [0, 0.05) is 50.0 Å². The number of hydrogen-bond acceptors (Lipinski definition) is 4. The Hall–Kier alpha value is -2.20. The molecule has 2 aromatic carbocycles. The van der Waals surface area contributed by atoms with Crippen LogP contribution in [-0.4, -0.2) is 62.6 Å². The molecule has 1 saturated heterocycles. The first kappa shape index (κ1) is 26.1. The van der Waals surface area contributed by atoms with Crippen molar-refractivity contribution in [2.75, 3.05) is 50.8 Å². The summed E-state index contributed by atoms with van der Waals surface area (Å²) < 4.78 is 5.29. The molecule has 2 aromatic rings. The Morgan fingerprint density at radius 3 is 2.50 bits per heavy atom. The summed E-state index contributed by atoms with van der Waals surface area (Å²) in [4.78, 5) is 20.3. The number of nitrogens with zero attached hydrogens (tertiary/aromatic N) is 3. The first-order chi connectivity index (χ1) is 15.0. The van der Waals surface area contributed by atoms with E-state index in [1.165, 1.54) is 0 Å². The van der Waals surface area contributed by atoms with Crippen LogP contribution in [0.4, 0.5) is 5.69 Å². The molecule has 0 spiro atoms. The highest BCUT2D eigenvalue weighted by Crippen LogP contribution is 2.21. The number of primary amides is 1. The van der Waals surface area contributed by atoms with Crippen LogP contribution in [0.5, 0.6) is 5.75 Å². The summed E-state index contributed by atoms with van der Waals surface area (Å²) in [5, 5.41) is 4.18. The number of benzene rings is 2. The lowest BCUT2D eigenvalue weighted by molar-refractivity contribution is -0.119. The van der Waals surface area contributed by atoms with Gasteiger partial charge in [0.2, 0.25) is 0 Å². The molecule has 1 fully saturated rings. The molecular formula is C23H31ClIN5O2. The first-order valence-corrected chi connectivity index (χ1v) is 11.0. The molecule has 0 atom stereocenters. The molecule has 0 saturated carbocycles. The van der Waals surface area contributed by atoms with Crippen LogP contribution in [-0.2, 0) is 11.2 Å². The van der Waals surface area contributed by atoms with Crippen LogP contribution in [0.3, 0.4) is 0 Å². The lowest BCUT2D eigenvalue weighted by Crippen LogP contribution is -2.52. The molecule has 0 radical (unpaired) electrons. The number of piperazine rings is 1. The van der Waals surface area contributed by atoms with Crippen LogP contribution in [0.15, 0.2) is 53.5 Å². The van der Waals surface area contributed by atoms with E-state index in [0.29, 0.717) is 12.3 Å². The molecule has 1 amide bonds. The monoisotopic (exact) mass is 571 g/mol. The summed E-state index contributed by atoms with van der Waals surface area (Å²) in [6.07, 6.45) is 0.827. The minimum atomic E-state index is -0.484. The molecule has 1 aliphatic rings. The van der Waals surface area contributed by atoms with Crippen LogP contribution < -0.4 is 20.7 Å². The van der Waals surface area contributed by atoms with Gasteiger partial charge in [0.25, 0.3) is 5.91 Å². The number of anilines is 1.